The summed E-state index contributed by atoms with van der Waals surface area (Å²) >= 11 is 0. The Bertz CT molecular complexity index is 788. The van der Waals surface area contributed by atoms with Crippen molar-refractivity contribution in [3.05, 3.63) is 47.9 Å². The highest BCUT2D eigenvalue weighted by molar-refractivity contribution is 5.84. The van der Waals surface area contributed by atoms with Crippen molar-refractivity contribution < 1.29 is 18.7 Å². The Morgan fingerprint density at radius 3 is 2.41 bits per heavy atom. The van der Waals surface area contributed by atoms with Crippen molar-refractivity contribution in [2.45, 2.75) is 12.8 Å². The largest absolute Gasteiger partial charge is 0.493 e. The second-order valence-corrected chi connectivity index (χ2v) is 6.58. The van der Waals surface area contributed by atoms with E-state index >= 15 is 0 Å². The molecule has 0 aliphatic heterocycles. The minimum Gasteiger partial charge on any atom is -0.493 e. The zero-order valence-electron chi connectivity index (χ0n) is 17.5. The number of hydrogen-bond acceptors (Lipinski definition) is 5. The van der Waals surface area contributed by atoms with Gasteiger partial charge in [0.1, 0.15) is 12.3 Å². The van der Waals surface area contributed by atoms with Crippen LogP contribution >= 0.6 is 0 Å². The summed E-state index contributed by atoms with van der Waals surface area (Å²) in [6.07, 6.45) is 3.15. The third kappa shape index (κ3) is 7.40. The first-order valence-corrected chi connectivity index (χ1v) is 9.49. The Morgan fingerprint density at radius 2 is 1.79 bits per heavy atom. The summed E-state index contributed by atoms with van der Waals surface area (Å²) in [6.45, 7) is 1.38. The van der Waals surface area contributed by atoms with Gasteiger partial charge >= 0.3 is 0 Å². The van der Waals surface area contributed by atoms with Crippen molar-refractivity contribution in [2.24, 2.45) is 4.99 Å². The van der Waals surface area contributed by atoms with Gasteiger partial charge in [-0.05, 0) is 36.2 Å². The molecule has 0 aliphatic carbocycles. The summed E-state index contributed by atoms with van der Waals surface area (Å²) in [4.78, 5) is 17.8. The van der Waals surface area contributed by atoms with Gasteiger partial charge in [0, 0.05) is 33.6 Å². The van der Waals surface area contributed by atoms with Crippen LogP contribution in [-0.4, -0.2) is 64.7 Å². The number of carbonyl (C=O) groups excluding carboxylic acids is 1. The van der Waals surface area contributed by atoms with Crippen LogP contribution in [0.25, 0.3) is 0 Å². The number of guanidine groups is 1. The van der Waals surface area contributed by atoms with Crippen molar-refractivity contribution >= 4 is 11.9 Å². The number of rotatable bonds is 10. The molecule has 2 aromatic rings. The normalized spacial score (nSPS) is 11.1. The highest BCUT2D eigenvalue weighted by Gasteiger charge is 2.07. The van der Waals surface area contributed by atoms with Gasteiger partial charge in [-0.2, -0.15) is 0 Å². The van der Waals surface area contributed by atoms with Gasteiger partial charge in [-0.1, -0.05) is 6.07 Å². The fourth-order valence-corrected chi connectivity index (χ4v) is 2.58. The van der Waals surface area contributed by atoms with Crippen molar-refractivity contribution in [3.63, 3.8) is 0 Å². The van der Waals surface area contributed by atoms with Crippen molar-refractivity contribution in [1.29, 1.82) is 0 Å². The molecule has 0 spiro atoms. The topological polar surface area (TPSA) is 88.3 Å². The fraction of sp³-hybridized carbons (Fsp3) is 0.429. The SMILES string of the molecule is COc1ccc(CCNC(=NCC(=O)N(C)C)NCCc2ccco2)cc1OC. The Balaban J connectivity index is 1.91. The van der Waals surface area contributed by atoms with E-state index in [2.05, 4.69) is 15.6 Å². The van der Waals surface area contributed by atoms with E-state index in [-0.39, 0.29) is 12.5 Å². The molecule has 0 atom stereocenters. The Hall–Kier alpha value is -3.16. The number of amides is 1. The molecule has 0 bridgehead atoms. The van der Waals surface area contributed by atoms with Gasteiger partial charge in [0.05, 0.1) is 20.5 Å². The van der Waals surface area contributed by atoms with Crippen LogP contribution in [0.4, 0.5) is 0 Å². The van der Waals surface area contributed by atoms with Crippen LogP contribution in [0.5, 0.6) is 11.5 Å². The summed E-state index contributed by atoms with van der Waals surface area (Å²) < 4.78 is 16.0. The molecule has 1 aromatic carbocycles. The lowest BCUT2D eigenvalue weighted by molar-refractivity contribution is -0.127. The Labute approximate surface area is 171 Å². The van der Waals surface area contributed by atoms with Gasteiger partial charge in [0.2, 0.25) is 5.91 Å². The van der Waals surface area contributed by atoms with Gasteiger partial charge in [-0.25, -0.2) is 4.99 Å². The number of carbonyl (C=O) groups is 1. The van der Waals surface area contributed by atoms with E-state index in [0.717, 1.165) is 24.2 Å². The molecule has 1 amide bonds. The second kappa shape index (κ2) is 11.6. The van der Waals surface area contributed by atoms with Crippen molar-refractivity contribution in [2.75, 3.05) is 47.9 Å². The van der Waals surface area contributed by atoms with E-state index in [1.807, 2.05) is 30.3 Å². The first-order chi connectivity index (χ1) is 14.0. The maximum absolute atomic E-state index is 11.9. The smallest absolute Gasteiger partial charge is 0.243 e. The third-order valence-electron chi connectivity index (χ3n) is 4.27. The van der Waals surface area contributed by atoms with Gasteiger partial charge in [0.25, 0.3) is 0 Å². The minimum absolute atomic E-state index is 0.0583. The Morgan fingerprint density at radius 1 is 1.07 bits per heavy atom. The fourth-order valence-electron chi connectivity index (χ4n) is 2.58. The van der Waals surface area contributed by atoms with Crippen LogP contribution in [0.3, 0.4) is 0 Å². The lowest BCUT2D eigenvalue weighted by atomic mass is 10.1. The lowest BCUT2D eigenvalue weighted by Gasteiger charge is -2.14. The molecule has 1 heterocycles. The quantitative estimate of drug-likeness (QED) is 0.465. The molecular weight excluding hydrogens is 372 g/mol. The number of ether oxygens (including phenoxy) is 2. The van der Waals surface area contributed by atoms with Gasteiger partial charge in [-0.15, -0.1) is 0 Å². The molecule has 8 nitrogen and oxygen atoms in total. The first kappa shape index (κ1) is 22.1. The average Bonchev–Trinajstić information content (AvgIpc) is 3.24. The molecule has 8 heteroatoms. The minimum atomic E-state index is -0.0583. The zero-order chi connectivity index (χ0) is 21.1. The van der Waals surface area contributed by atoms with E-state index in [0.29, 0.717) is 30.5 Å². The number of nitrogens with zero attached hydrogens (tertiary/aromatic N) is 2. The predicted octanol–water partition coefficient (Wildman–Crippen LogP) is 1.71. The molecule has 0 fully saturated rings. The summed E-state index contributed by atoms with van der Waals surface area (Å²) in [5.41, 5.74) is 1.11. The van der Waals surface area contributed by atoms with Gasteiger partial charge < -0.3 is 29.4 Å². The average molecular weight is 402 g/mol. The van der Waals surface area contributed by atoms with Gasteiger partial charge in [-0.3, -0.25) is 4.79 Å². The number of furan rings is 1. The molecular formula is C21H30N4O4. The molecule has 1 aromatic heterocycles. The number of hydrogen-bond donors (Lipinski definition) is 2. The number of benzene rings is 1. The number of likely N-dealkylation sites (N-methyl/N-ethyl adjacent to an activating group) is 1. The number of methoxy groups -OCH3 is 2. The summed E-state index contributed by atoms with van der Waals surface area (Å²) in [7, 11) is 6.67. The van der Waals surface area contributed by atoms with E-state index in [9.17, 15) is 4.79 Å². The van der Waals surface area contributed by atoms with E-state index in [1.165, 1.54) is 4.90 Å². The Kier molecular flexibility index (Phi) is 8.88. The molecule has 0 saturated carbocycles. The molecule has 0 saturated heterocycles. The van der Waals surface area contributed by atoms with Gasteiger partial charge in [0.15, 0.2) is 17.5 Å². The summed E-state index contributed by atoms with van der Waals surface area (Å²) in [5, 5.41) is 6.52. The molecule has 29 heavy (non-hydrogen) atoms. The lowest BCUT2D eigenvalue weighted by Crippen LogP contribution is -2.40. The van der Waals surface area contributed by atoms with Crippen molar-refractivity contribution in [1.82, 2.24) is 15.5 Å². The maximum atomic E-state index is 11.9. The van der Waals surface area contributed by atoms with Crippen LogP contribution in [0.15, 0.2) is 46.0 Å². The highest BCUT2D eigenvalue weighted by Crippen LogP contribution is 2.27. The predicted molar refractivity (Wildman–Crippen MR) is 113 cm³/mol. The van der Waals surface area contributed by atoms with Crippen LogP contribution in [0, 0.1) is 0 Å². The van der Waals surface area contributed by atoms with E-state index in [1.54, 1.807) is 34.6 Å². The van der Waals surface area contributed by atoms with Crippen LogP contribution in [0.2, 0.25) is 0 Å². The third-order valence-corrected chi connectivity index (χ3v) is 4.27. The molecule has 0 unspecified atom stereocenters. The summed E-state index contributed by atoms with van der Waals surface area (Å²) in [6, 6.07) is 9.64. The first-order valence-electron chi connectivity index (χ1n) is 9.49. The molecule has 2 N–H and O–H groups in total. The second-order valence-electron chi connectivity index (χ2n) is 6.58. The monoisotopic (exact) mass is 402 g/mol. The molecule has 0 radical (unpaired) electrons. The maximum Gasteiger partial charge on any atom is 0.243 e. The molecule has 0 aliphatic rings. The number of aliphatic imine (C=N–C) groups is 1. The van der Waals surface area contributed by atoms with Crippen LogP contribution < -0.4 is 20.1 Å². The molecule has 2 rings (SSSR count). The van der Waals surface area contributed by atoms with Crippen LogP contribution in [0.1, 0.15) is 11.3 Å². The highest BCUT2D eigenvalue weighted by atomic mass is 16.5. The summed E-state index contributed by atoms with van der Waals surface area (Å²) in [5.74, 6) is 2.83. The number of nitrogens with one attached hydrogen (secondary N) is 2. The van der Waals surface area contributed by atoms with E-state index in [4.69, 9.17) is 13.9 Å². The zero-order valence-corrected chi connectivity index (χ0v) is 17.5. The van der Waals surface area contributed by atoms with Crippen LogP contribution in [-0.2, 0) is 17.6 Å². The standard InChI is InChI=1S/C21H30N4O4/c1-25(2)20(26)15-24-21(23-12-10-17-6-5-13-29-17)22-11-9-16-7-8-18(27-3)19(14-16)28-4/h5-8,13-14H,9-12,15H2,1-4H3,(H2,22,23,24). The molecule has 158 valence electrons. The van der Waals surface area contributed by atoms with Crippen molar-refractivity contribution in [3.8, 4) is 11.5 Å². The van der Waals surface area contributed by atoms with E-state index < -0.39 is 0 Å².